The van der Waals surface area contributed by atoms with Gasteiger partial charge in [-0.25, -0.2) is 4.79 Å². The van der Waals surface area contributed by atoms with Crippen LogP contribution in [0, 0.1) is 0 Å². The van der Waals surface area contributed by atoms with Gasteiger partial charge in [0.2, 0.25) is 0 Å². The number of anilines is 1. The molecule has 2 aromatic rings. The Kier molecular flexibility index (Phi) is 4.60. The van der Waals surface area contributed by atoms with E-state index < -0.39 is 0 Å². The Morgan fingerprint density at radius 3 is 1.86 bits per heavy atom. The number of ketones is 1. The predicted molar refractivity (Wildman–Crippen MR) is 84.0 cm³/mol. The first kappa shape index (κ1) is 15.1. The third-order valence-corrected chi connectivity index (χ3v) is 3.16. The van der Waals surface area contributed by atoms with Gasteiger partial charge >= 0.3 is 6.03 Å². The van der Waals surface area contributed by atoms with Crippen molar-refractivity contribution in [1.29, 1.82) is 0 Å². The van der Waals surface area contributed by atoms with Gasteiger partial charge in [0.05, 0.1) is 0 Å². The Balaban J connectivity index is 2.13. The molecular formula is C16H15ClN2O2. The van der Waals surface area contributed by atoms with Crippen LogP contribution >= 0.6 is 11.6 Å². The Morgan fingerprint density at radius 2 is 1.38 bits per heavy atom. The molecule has 0 aromatic heterocycles. The molecule has 0 saturated carbocycles. The van der Waals surface area contributed by atoms with Gasteiger partial charge in [-0.15, -0.1) is 0 Å². The summed E-state index contributed by atoms with van der Waals surface area (Å²) in [5.74, 6) is -0.0860. The molecule has 0 aliphatic rings. The largest absolute Gasteiger partial charge is 0.331 e. The van der Waals surface area contributed by atoms with E-state index in [9.17, 15) is 9.59 Å². The van der Waals surface area contributed by atoms with Gasteiger partial charge in [-0.1, -0.05) is 11.6 Å². The number of nitrogens with one attached hydrogen (secondary N) is 1. The molecule has 0 heterocycles. The highest BCUT2D eigenvalue weighted by molar-refractivity contribution is 6.30. The Bertz CT molecular complexity index is 649. The molecule has 21 heavy (non-hydrogen) atoms. The third-order valence-electron chi connectivity index (χ3n) is 2.91. The van der Waals surface area contributed by atoms with Crippen LogP contribution in [0.5, 0.6) is 0 Å². The number of hydrogen-bond donors (Lipinski definition) is 1. The molecule has 2 amide bonds. The van der Waals surface area contributed by atoms with Gasteiger partial charge in [0.25, 0.3) is 0 Å². The summed E-state index contributed by atoms with van der Waals surface area (Å²) >= 11 is 5.80. The number of carbonyl (C=O) groups excluding carboxylic acids is 2. The maximum Gasteiger partial charge on any atom is 0.321 e. The molecule has 2 aromatic carbocycles. The molecule has 2 rings (SSSR count). The molecule has 0 saturated heterocycles. The van der Waals surface area contributed by atoms with Crippen molar-refractivity contribution in [2.24, 2.45) is 0 Å². The van der Waals surface area contributed by atoms with Crippen molar-refractivity contribution < 1.29 is 9.59 Å². The molecule has 0 bridgehead atoms. The number of nitrogens with zero attached hydrogens (tertiary/aromatic N) is 1. The third kappa shape index (κ3) is 3.83. The molecular weight excluding hydrogens is 288 g/mol. The van der Waals surface area contributed by atoms with Crippen LogP contribution in [0.15, 0.2) is 48.5 Å². The van der Waals surface area contributed by atoms with E-state index in [2.05, 4.69) is 5.32 Å². The first-order valence-corrected chi connectivity index (χ1v) is 6.74. The van der Waals surface area contributed by atoms with Crippen LogP contribution in [0.4, 0.5) is 10.5 Å². The quantitative estimate of drug-likeness (QED) is 0.880. The SMILES string of the molecule is CN(C)C(=O)Nc1ccc(C(=O)c2ccc(Cl)cc2)cc1. The highest BCUT2D eigenvalue weighted by Crippen LogP contribution is 2.16. The highest BCUT2D eigenvalue weighted by Gasteiger charge is 2.09. The molecule has 0 unspecified atom stereocenters. The molecule has 0 atom stereocenters. The van der Waals surface area contributed by atoms with Crippen LogP contribution in [0.1, 0.15) is 15.9 Å². The van der Waals surface area contributed by atoms with Crippen molar-refractivity contribution in [2.75, 3.05) is 19.4 Å². The van der Waals surface area contributed by atoms with Gasteiger partial charge < -0.3 is 10.2 Å². The van der Waals surface area contributed by atoms with Crippen LogP contribution in [-0.4, -0.2) is 30.8 Å². The Hall–Kier alpha value is -2.33. The lowest BCUT2D eigenvalue weighted by Crippen LogP contribution is -2.27. The fourth-order valence-electron chi connectivity index (χ4n) is 1.71. The van der Waals surface area contributed by atoms with E-state index in [1.807, 2.05) is 0 Å². The zero-order chi connectivity index (χ0) is 15.4. The number of carbonyl (C=O) groups is 2. The number of urea groups is 1. The Morgan fingerprint density at radius 1 is 0.905 bits per heavy atom. The zero-order valence-corrected chi connectivity index (χ0v) is 12.5. The second-order valence-corrected chi connectivity index (χ2v) is 5.17. The summed E-state index contributed by atoms with van der Waals surface area (Å²) in [4.78, 5) is 25.2. The number of benzene rings is 2. The topological polar surface area (TPSA) is 49.4 Å². The normalized spacial score (nSPS) is 10.0. The van der Waals surface area contributed by atoms with Gasteiger partial charge in [0.15, 0.2) is 5.78 Å². The molecule has 4 nitrogen and oxygen atoms in total. The summed E-state index contributed by atoms with van der Waals surface area (Å²) in [7, 11) is 3.32. The van der Waals surface area contributed by atoms with E-state index in [1.165, 1.54) is 4.90 Å². The first-order chi connectivity index (χ1) is 9.97. The maximum atomic E-state index is 12.3. The van der Waals surface area contributed by atoms with Gasteiger partial charge in [0, 0.05) is 35.9 Å². The molecule has 108 valence electrons. The molecule has 5 heteroatoms. The van der Waals surface area contributed by atoms with Crippen molar-refractivity contribution in [3.8, 4) is 0 Å². The van der Waals surface area contributed by atoms with E-state index in [1.54, 1.807) is 62.6 Å². The second kappa shape index (κ2) is 6.41. The van der Waals surface area contributed by atoms with Crippen LogP contribution in [0.3, 0.4) is 0 Å². The molecule has 0 aliphatic heterocycles. The minimum absolute atomic E-state index is 0.0860. The minimum Gasteiger partial charge on any atom is -0.331 e. The average molecular weight is 303 g/mol. The van der Waals surface area contributed by atoms with Crippen molar-refractivity contribution in [1.82, 2.24) is 4.90 Å². The predicted octanol–water partition coefficient (Wildman–Crippen LogP) is 3.66. The van der Waals surface area contributed by atoms with Gasteiger partial charge in [-0.2, -0.15) is 0 Å². The van der Waals surface area contributed by atoms with E-state index >= 15 is 0 Å². The second-order valence-electron chi connectivity index (χ2n) is 4.74. The van der Waals surface area contributed by atoms with E-state index in [0.29, 0.717) is 21.8 Å². The molecule has 1 N–H and O–H groups in total. The summed E-state index contributed by atoms with van der Waals surface area (Å²) in [6.07, 6.45) is 0. The fourth-order valence-corrected chi connectivity index (χ4v) is 1.83. The van der Waals surface area contributed by atoms with Crippen molar-refractivity contribution in [2.45, 2.75) is 0 Å². The molecule has 0 aliphatic carbocycles. The standard InChI is InChI=1S/C16H15ClN2O2/c1-19(2)16(21)18-14-9-5-12(6-10-14)15(20)11-3-7-13(17)8-4-11/h3-10H,1-2H3,(H,18,21). The number of hydrogen-bond acceptors (Lipinski definition) is 2. The maximum absolute atomic E-state index is 12.3. The van der Waals surface area contributed by atoms with E-state index in [0.717, 1.165) is 0 Å². The molecule has 0 radical (unpaired) electrons. The van der Waals surface area contributed by atoms with E-state index in [-0.39, 0.29) is 11.8 Å². The number of amides is 2. The average Bonchev–Trinajstić information content (AvgIpc) is 2.48. The van der Waals surface area contributed by atoms with Crippen molar-refractivity contribution in [3.63, 3.8) is 0 Å². The van der Waals surface area contributed by atoms with E-state index in [4.69, 9.17) is 11.6 Å². The molecule has 0 spiro atoms. The lowest BCUT2D eigenvalue weighted by atomic mass is 10.0. The smallest absolute Gasteiger partial charge is 0.321 e. The lowest BCUT2D eigenvalue weighted by Gasteiger charge is -2.12. The number of halogens is 1. The van der Waals surface area contributed by atoms with Crippen molar-refractivity contribution >= 4 is 29.1 Å². The van der Waals surface area contributed by atoms with Crippen LogP contribution in [-0.2, 0) is 0 Å². The van der Waals surface area contributed by atoms with Crippen molar-refractivity contribution in [3.05, 3.63) is 64.7 Å². The molecule has 0 fully saturated rings. The van der Waals surface area contributed by atoms with Crippen LogP contribution < -0.4 is 5.32 Å². The highest BCUT2D eigenvalue weighted by atomic mass is 35.5. The monoisotopic (exact) mass is 302 g/mol. The summed E-state index contributed by atoms with van der Waals surface area (Å²) in [5.41, 5.74) is 1.77. The van der Waals surface area contributed by atoms with Gasteiger partial charge in [0.1, 0.15) is 0 Å². The summed E-state index contributed by atoms with van der Waals surface area (Å²) < 4.78 is 0. The van der Waals surface area contributed by atoms with Gasteiger partial charge in [-0.05, 0) is 48.5 Å². The Labute approximate surface area is 128 Å². The summed E-state index contributed by atoms with van der Waals surface area (Å²) in [6, 6.07) is 13.3. The van der Waals surface area contributed by atoms with Crippen LogP contribution in [0.25, 0.3) is 0 Å². The zero-order valence-electron chi connectivity index (χ0n) is 11.8. The lowest BCUT2D eigenvalue weighted by molar-refractivity contribution is 0.103. The van der Waals surface area contributed by atoms with Crippen LogP contribution in [0.2, 0.25) is 5.02 Å². The first-order valence-electron chi connectivity index (χ1n) is 6.36. The van der Waals surface area contributed by atoms with Gasteiger partial charge in [-0.3, -0.25) is 4.79 Å². The minimum atomic E-state index is -0.216. The summed E-state index contributed by atoms with van der Waals surface area (Å²) in [6.45, 7) is 0. The fraction of sp³-hybridized carbons (Fsp3) is 0.125. The number of rotatable bonds is 3. The summed E-state index contributed by atoms with van der Waals surface area (Å²) in [5, 5.41) is 3.30.